The van der Waals surface area contributed by atoms with Crippen LogP contribution in [0.3, 0.4) is 0 Å². The molecule has 0 aromatic heterocycles. The highest BCUT2D eigenvalue weighted by Gasteiger charge is 2.25. The lowest BCUT2D eigenvalue weighted by atomic mass is 10.1. The predicted molar refractivity (Wildman–Crippen MR) is 85.7 cm³/mol. The normalized spacial score (nSPS) is 15.9. The van der Waals surface area contributed by atoms with Gasteiger partial charge in [0.1, 0.15) is 0 Å². The van der Waals surface area contributed by atoms with Gasteiger partial charge in [-0.3, -0.25) is 9.69 Å². The molecular weight excluding hydrogens is 336 g/mol. The molecule has 1 aliphatic heterocycles. The third-order valence-corrected chi connectivity index (χ3v) is 4.05. The van der Waals surface area contributed by atoms with Gasteiger partial charge in [0, 0.05) is 38.1 Å². The van der Waals surface area contributed by atoms with Crippen LogP contribution in [0, 0.1) is 0 Å². The summed E-state index contributed by atoms with van der Waals surface area (Å²) in [6.07, 6.45) is 0. The maximum absolute atomic E-state index is 12.7. The van der Waals surface area contributed by atoms with Gasteiger partial charge in [0.15, 0.2) is 11.5 Å². The molecule has 1 heterocycles. The number of carbonyl (C=O) groups excluding carboxylic acids is 1. The van der Waals surface area contributed by atoms with Crippen molar-refractivity contribution in [3.05, 3.63) is 23.8 Å². The van der Waals surface area contributed by atoms with Crippen LogP contribution in [-0.4, -0.2) is 68.0 Å². The highest BCUT2D eigenvalue weighted by atomic mass is 79.9. The summed E-state index contributed by atoms with van der Waals surface area (Å²) in [7, 11) is 3.13. The Morgan fingerprint density at radius 1 is 1.19 bits per heavy atom. The van der Waals surface area contributed by atoms with Crippen LogP contribution in [0.15, 0.2) is 18.2 Å². The Morgan fingerprint density at radius 3 is 2.48 bits per heavy atom. The second kappa shape index (κ2) is 7.66. The molecule has 1 aromatic carbocycles. The molecule has 1 aromatic rings. The van der Waals surface area contributed by atoms with Gasteiger partial charge in [-0.1, -0.05) is 22.0 Å². The van der Waals surface area contributed by atoms with Crippen LogP contribution in [0.1, 0.15) is 10.4 Å². The average Bonchev–Trinajstić information content (AvgIpc) is 2.54. The van der Waals surface area contributed by atoms with Crippen molar-refractivity contribution in [1.29, 1.82) is 0 Å². The fourth-order valence-corrected chi connectivity index (χ4v) is 3.02. The lowest BCUT2D eigenvalue weighted by molar-refractivity contribution is 0.0641. The van der Waals surface area contributed by atoms with Crippen molar-refractivity contribution in [2.24, 2.45) is 0 Å². The highest BCUT2D eigenvalue weighted by Crippen LogP contribution is 2.31. The summed E-state index contributed by atoms with van der Waals surface area (Å²) >= 11 is 3.45. The number of piperazine rings is 1. The number of hydrogen-bond acceptors (Lipinski definition) is 4. The Morgan fingerprint density at radius 2 is 1.90 bits per heavy atom. The summed E-state index contributed by atoms with van der Waals surface area (Å²) in [5.74, 6) is 1.10. The summed E-state index contributed by atoms with van der Waals surface area (Å²) < 4.78 is 10.6. The fraction of sp³-hybridized carbons (Fsp3) is 0.533. The van der Waals surface area contributed by atoms with E-state index in [9.17, 15) is 4.79 Å². The van der Waals surface area contributed by atoms with Gasteiger partial charge in [0.25, 0.3) is 5.91 Å². The lowest BCUT2D eigenvalue weighted by Gasteiger charge is -2.34. The summed E-state index contributed by atoms with van der Waals surface area (Å²) in [5, 5.41) is 0.963. The zero-order chi connectivity index (χ0) is 15.2. The molecule has 2 rings (SSSR count). The van der Waals surface area contributed by atoms with Crippen LogP contribution in [0.2, 0.25) is 0 Å². The number of amides is 1. The Balaban J connectivity index is 2.11. The molecule has 6 heteroatoms. The number of carbonyl (C=O) groups is 1. The van der Waals surface area contributed by atoms with Gasteiger partial charge >= 0.3 is 0 Å². The second-order valence-corrected chi connectivity index (χ2v) is 5.66. The molecule has 5 nitrogen and oxygen atoms in total. The van der Waals surface area contributed by atoms with Crippen molar-refractivity contribution in [3.63, 3.8) is 0 Å². The zero-order valence-electron chi connectivity index (χ0n) is 12.5. The van der Waals surface area contributed by atoms with E-state index in [-0.39, 0.29) is 5.91 Å². The van der Waals surface area contributed by atoms with E-state index in [1.165, 1.54) is 0 Å². The first-order valence-electron chi connectivity index (χ1n) is 6.99. The minimum atomic E-state index is 0.00393. The van der Waals surface area contributed by atoms with Gasteiger partial charge in [-0.25, -0.2) is 0 Å². The molecule has 1 saturated heterocycles. The third kappa shape index (κ3) is 3.68. The van der Waals surface area contributed by atoms with Crippen LogP contribution >= 0.6 is 15.9 Å². The fourth-order valence-electron chi connectivity index (χ4n) is 2.52. The molecule has 1 amide bonds. The van der Waals surface area contributed by atoms with E-state index in [4.69, 9.17) is 9.47 Å². The number of hydrogen-bond donors (Lipinski definition) is 0. The molecule has 0 radical (unpaired) electrons. The van der Waals surface area contributed by atoms with E-state index in [1.54, 1.807) is 26.4 Å². The van der Waals surface area contributed by atoms with Crippen molar-refractivity contribution < 1.29 is 14.3 Å². The molecule has 0 atom stereocenters. The third-order valence-electron chi connectivity index (χ3n) is 3.69. The quantitative estimate of drug-likeness (QED) is 0.755. The van der Waals surface area contributed by atoms with Crippen LogP contribution < -0.4 is 9.47 Å². The van der Waals surface area contributed by atoms with Crippen molar-refractivity contribution in [2.75, 3.05) is 52.3 Å². The first-order chi connectivity index (χ1) is 10.2. The predicted octanol–water partition coefficient (Wildman–Crippen LogP) is 1.86. The number of benzene rings is 1. The van der Waals surface area contributed by atoms with Gasteiger partial charge in [-0.15, -0.1) is 0 Å². The van der Waals surface area contributed by atoms with Gasteiger partial charge < -0.3 is 14.4 Å². The zero-order valence-corrected chi connectivity index (χ0v) is 14.1. The Kier molecular flexibility index (Phi) is 5.87. The van der Waals surface area contributed by atoms with Gasteiger partial charge in [-0.2, -0.15) is 0 Å². The number of halogens is 1. The van der Waals surface area contributed by atoms with E-state index >= 15 is 0 Å². The summed E-state index contributed by atoms with van der Waals surface area (Å²) in [5.41, 5.74) is 0.561. The smallest absolute Gasteiger partial charge is 0.257 e. The standard InChI is InChI=1S/C15H21BrN2O3/c1-20-13-5-3-4-12(14(13)21-2)15(19)18-10-8-17(7-6-16)9-11-18/h3-5H,6-11H2,1-2H3. The Hall–Kier alpha value is -1.27. The van der Waals surface area contributed by atoms with Gasteiger partial charge in [0.2, 0.25) is 0 Å². The number of methoxy groups -OCH3 is 2. The maximum Gasteiger partial charge on any atom is 0.257 e. The lowest BCUT2D eigenvalue weighted by Crippen LogP contribution is -2.49. The van der Waals surface area contributed by atoms with Crippen LogP contribution in [-0.2, 0) is 0 Å². The molecule has 0 N–H and O–H groups in total. The first kappa shape index (κ1) is 16.1. The number of ether oxygens (including phenoxy) is 2. The molecule has 1 fully saturated rings. The number of rotatable bonds is 5. The molecule has 0 bridgehead atoms. The first-order valence-corrected chi connectivity index (χ1v) is 8.12. The van der Waals surface area contributed by atoms with Crippen LogP contribution in [0.25, 0.3) is 0 Å². The van der Waals surface area contributed by atoms with Crippen LogP contribution in [0.5, 0.6) is 11.5 Å². The molecule has 0 unspecified atom stereocenters. The van der Waals surface area contributed by atoms with Crippen molar-refractivity contribution in [2.45, 2.75) is 0 Å². The maximum atomic E-state index is 12.7. The number of para-hydroxylation sites is 1. The summed E-state index contributed by atoms with van der Waals surface area (Å²) in [6.45, 7) is 4.32. The Bertz CT molecular complexity index is 488. The minimum Gasteiger partial charge on any atom is -0.493 e. The molecule has 21 heavy (non-hydrogen) atoms. The molecule has 0 aliphatic carbocycles. The molecule has 1 aliphatic rings. The van der Waals surface area contributed by atoms with Crippen LogP contribution in [0.4, 0.5) is 0 Å². The van der Waals surface area contributed by atoms with E-state index in [0.29, 0.717) is 17.1 Å². The Labute approximate surface area is 133 Å². The number of alkyl halides is 1. The summed E-state index contributed by atoms with van der Waals surface area (Å²) in [4.78, 5) is 16.9. The van der Waals surface area contributed by atoms with E-state index in [1.807, 2.05) is 11.0 Å². The number of nitrogens with zero attached hydrogens (tertiary/aromatic N) is 2. The average molecular weight is 357 g/mol. The monoisotopic (exact) mass is 356 g/mol. The van der Waals surface area contributed by atoms with E-state index in [0.717, 1.165) is 38.1 Å². The molecule has 0 saturated carbocycles. The topological polar surface area (TPSA) is 42.0 Å². The van der Waals surface area contributed by atoms with Gasteiger partial charge in [-0.05, 0) is 12.1 Å². The van der Waals surface area contributed by atoms with E-state index < -0.39 is 0 Å². The SMILES string of the molecule is COc1cccc(C(=O)N2CCN(CCBr)CC2)c1OC. The molecule has 0 spiro atoms. The minimum absolute atomic E-state index is 0.00393. The molecule has 116 valence electrons. The second-order valence-electron chi connectivity index (χ2n) is 4.86. The van der Waals surface area contributed by atoms with E-state index in [2.05, 4.69) is 20.8 Å². The van der Waals surface area contributed by atoms with Gasteiger partial charge in [0.05, 0.1) is 19.8 Å². The highest BCUT2D eigenvalue weighted by molar-refractivity contribution is 9.09. The summed E-state index contributed by atoms with van der Waals surface area (Å²) in [6, 6.07) is 5.40. The largest absolute Gasteiger partial charge is 0.493 e. The van der Waals surface area contributed by atoms with Crippen molar-refractivity contribution in [3.8, 4) is 11.5 Å². The van der Waals surface area contributed by atoms with Crippen molar-refractivity contribution in [1.82, 2.24) is 9.80 Å². The van der Waals surface area contributed by atoms with Crippen molar-refractivity contribution >= 4 is 21.8 Å². The molecular formula is C15H21BrN2O3.